The first-order chi connectivity index (χ1) is 7.81. The molecule has 0 fully saturated rings. The summed E-state index contributed by atoms with van der Waals surface area (Å²) < 4.78 is 5.62. The predicted octanol–water partition coefficient (Wildman–Crippen LogP) is 3.24. The molecule has 0 bridgehead atoms. The maximum atomic E-state index is 10.0. The Labute approximate surface area is 97.3 Å². The Hall–Kier alpha value is -1.02. The summed E-state index contributed by atoms with van der Waals surface area (Å²) in [6, 6.07) is 6.24. The molecule has 0 aromatic heterocycles. The summed E-state index contributed by atoms with van der Waals surface area (Å²) in [5.74, 6) is 0.866. The second-order valence-electron chi connectivity index (χ2n) is 4.48. The van der Waals surface area contributed by atoms with Crippen LogP contribution < -0.4 is 4.74 Å². The van der Waals surface area contributed by atoms with Gasteiger partial charge in [-0.25, -0.2) is 0 Å². The van der Waals surface area contributed by atoms with Crippen molar-refractivity contribution >= 4 is 0 Å². The smallest absolute Gasteiger partial charge is 0.125 e. The number of rotatable bonds is 3. The molecule has 16 heavy (non-hydrogen) atoms. The summed E-state index contributed by atoms with van der Waals surface area (Å²) >= 11 is 0. The molecule has 2 rings (SSSR count). The molecular formula is C14H20O2. The fraction of sp³-hybridized carbons (Fsp3) is 0.571. The summed E-state index contributed by atoms with van der Waals surface area (Å²) in [5.41, 5.74) is 2.29. The van der Waals surface area contributed by atoms with E-state index >= 15 is 0 Å². The fourth-order valence-electron chi connectivity index (χ4n) is 2.14. The summed E-state index contributed by atoms with van der Waals surface area (Å²) in [7, 11) is 0. The van der Waals surface area contributed by atoms with Crippen LogP contribution in [0.3, 0.4) is 0 Å². The van der Waals surface area contributed by atoms with Crippen LogP contribution in [-0.4, -0.2) is 11.7 Å². The molecule has 0 aliphatic carbocycles. The Morgan fingerprint density at radius 2 is 2.31 bits per heavy atom. The quantitative estimate of drug-likeness (QED) is 0.847. The molecule has 1 aliphatic rings. The van der Waals surface area contributed by atoms with Crippen molar-refractivity contribution in [3.63, 3.8) is 0 Å². The maximum absolute atomic E-state index is 10.0. The highest BCUT2D eigenvalue weighted by Crippen LogP contribution is 2.32. The minimum Gasteiger partial charge on any atom is -0.493 e. The summed E-state index contributed by atoms with van der Waals surface area (Å²) in [6.45, 7) is 2.92. The maximum Gasteiger partial charge on any atom is 0.125 e. The highest BCUT2D eigenvalue weighted by Gasteiger charge is 2.17. The Balaban J connectivity index is 2.21. The number of aryl methyl sites for hydroxylation is 1. The molecule has 0 radical (unpaired) electrons. The number of aliphatic hydroxyl groups excluding tert-OH is 1. The van der Waals surface area contributed by atoms with Crippen LogP contribution in [0.15, 0.2) is 18.2 Å². The molecule has 1 aromatic rings. The molecule has 0 spiro atoms. The molecule has 0 saturated carbocycles. The second-order valence-corrected chi connectivity index (χ2v) is 4.48. The molecule has 0 unspecified atom stereocenters. The average Bonchev–Trinajstić information content (AvgIpc) is 2.49. The largest absolute Gasteiger partial charge is 0.493 e. The number of ether oxygens (including phenoxy) is 1. The van der Waals surface area contributed by atoms with Gasteiger partial charge in [0, 0.05) is 5.56 Å². The van der Waals surface area contributed by atoms with Gasteiger partial charge in [0.25, 0.3) is 0 Å². The third-order valence-corrected chi connectivity index (χ3v) is 3.13. The lowest BCUT2D eigenvalue weighted by atomic mass is 10.00. The van der Waals surface area contributed by atoms with E-state index in [9.17, 15) is 5.11 Å². The predicted molar refractivity (Wildman–Crippen MR) is 64.7 cm³/mol. The number of benzene rings is 1. The van der Waals surface area contributed by atoms with Crippen molar-refractivity contribution in [1.29, 1.82) is 0 Å². The molecule has 0 saturated heterocycles. The van der Waals surface area contributed by atoms with Gasteiger partial charge in [0.1, 0.15) is 5.75 Å². The molecule has 0 amide bonds. The van der Waals surface area contributed by atoms with E-state index in [1.54, 1.807) is 0 Å². The molecule has 1 atom stereocenters. The Bertz CT molecular complexity index is 347. The van der Waals surface area contributed by atoms with E-state index in [-0.39, 0.29) is 6.10 Å². The standard InChI is InChI=1S/C14H20O2/c1-2-3-5-11-7-8-14-12(10-11)13(15)6-4-9-16-14/h7-8,10,13,15H,2-6,9H2,1H3/t13-/m0/s1. The zero-order chi connectivity index (χ0) is 11.4. The van der Waals surface area contributed by atoms with E-state index in [1.807, 2.05) is 6.07 Å². The van der Waals surface area contributed by atoms with Gasteiger partial charge in [-0.2, -0.15) is 0 Å². The van der Waals surface area contributed by atoms with E-state index in [0.717, 1.165) is 37.2 Å². The average molecular weight is 220 g/mol. The Kier molecular flexibility index (Phi) is 3.83. The van der Waals surface area contributed by atoms with Crippen molar-refractivity contribution in [2.45, 2.75) is 45.1 Å². The first-order valence-corrected chi connectivity index (χ1v) is 6.25. The van der Waals surface area contributed by atoms with Crippen molar-refractivity contribution in [3.8, 4) is 5.75 Å². The topological polar surface area (TPSA) is 29.5 Å². The molecule has 88 valence electrons. The lowest BCUT2D eigenvalue weighted by Crippen LogP contribution is -1.98. The van der Waals surface area contributed by atoms with Crippen molar-refractivity contribution in [2.75, 3.05) is 6.61 Å². The van der Waals surface area contributed by atoms with Crippen LogP contribution in [0.1, 0.15) is 49.8 Å². The minimum atomic E-state index is -0.348. The van der Waals surface area contributed by atoms with Crippen molar-refractivity contribution < 1.29 is 9.84 Å². The zero-order valence-electron chi connectivity index (χ0n) is 9.91. The first kappa shape index (κ1) is 11.5. The minimum absolute atomic E-state index is 0.348. The van der Waals surface area contributed by atoms with Gasteiger partial charge in [-0.05, 0) is 43.4 Å². The van der Waals surface area contributed by atoms with Crippen LogP contribution in [0.2, 0.25) is 0 Å². The zero-order valence-corrected chi connectivity index (χ0v) is 9.91. The molecule has 1 N–H and O–H groups in total. The van der Waals surface area contributed by atoms with Gasteiger partial charge in [-0.15, -0.1) is 0 Å². The number of hydrogen-bond acceptors (Lipinski definition) is 2. The highest BCUT2D eigenvalue weighted by molar-refractivity contribution is 5.39. The molecule has 1 heterocycles. The van der Waals surface area contributed by atoms with Gasteiger partial charge in [0.2, 0.25) is 0 Å². The van der Waals surface area contributed by atoms with Crippen LogP contribution in [0.5, 0.6) is 5.75 Å². The second kappa shape index (κ2) is 5.35. The van der Waals surface area contributed by atoms with E-state index < -0.39 is 0 Å². The van der Waals surface area contributed by atoms with Crippen molar-refractivity contribution in [2.24, 2.45) is 0 Å². The number of unbranched alkanes of at least 4 members (excludes halogenated alkanes) is 1. The van der Waals surface area contributed by atoms with Crippen LogP contribution in [0.25, 0.3) is 0 Å². The lowest BCUT2D eigenvalue weighted by Gasteiger charge is -2.12. The van der Waals surface area contributed by atoms with Crippen LogP contribution in [-0.2, 0) is 6.42 Å². The van der Waals surface area contributed by atoms with Gasteiger partial charge < -0.3 is 9.84 Å². The van der Waals surface area contributed by atoms with Crippen molar-refractivity contribution in [1.82, 2.24) is 0 Å². The van der Waals surface area contributed by atoms with Crippen LogP contribution in [0.4, 0.5) is 0 Å². The summed E-state index contributed by atoms with van der Waals surface area (Å²) in [4.78, 5) is 0. The van der Waals surface area contributed by atoms with E-state index in [4.69, 9.17) is 4.74 Å². The van der Waals surface area contributed by atoms with Gasteiger partial charge in [-0.1, -0.05) is 19.4 Å². The number of hydrogen-bond donors (Lipinski definition) is 1. The number of fused-ring (bicyclic) bond motifs is 1. The molecule has 2 heteroatoms. The molecule has 1 aromatic carbocycles. The van der Waals surface area contributed by atoms with Crippen LogP contribution >= 0.6 is 0 Å². The monoisotopic (exact) mass is 220 g/mol. The summed E-state index contributed by atoms with van der Waals surface area (Å²) in [6.07, 6.45) is 4.89. The van der Waals surface area contributed by atoms with Gasteiger partial charge >= 0.3 is 0 Å². The highest BCUT2D eigenvalue weighted by atomic mass is 16.5. The lowest BCUT2D eigenvalue weighted by molar-refractivity contribution is 0.167. The summed E-state index contributed by atoms with van der Waals surface area (Å²) in [5, 5.41) is 10.0. The van der Waals surface area contributed by atoms with Gasteiger partial charge in [-0.3, -0.25) is 0 Å². The van der Waals surface area contributed by atoms with Crippen LogP contribution in [0, 0.1) is 0 Å². The van der Waals surface area contributed by atoms with Crippen molar-refractivity contribution in [3.05, 3.63) is 29.3 Å². The van der Waals surface area contributed by atoms with Gasteiger partial charge in [0.15, 0.2) is 0 Å². The Morgan fingerprint density at radius 3 is 3.12 bits per heavy atom. The number of aliphatic hydroxyl groups is 1. The third-order valence-electron chi connectivity index (χ3n) is 3.13. The van der Waals surface area contributed by atoms with E-state index in [0.29, 0.717) is 0 Å². The third kappa shape index (κ3) is 2.56. The van der Waals surface area contributed by atoms with E-state index in [2.05, 4.69) is 19.1 Å². The fourth-order valence-corrected chi connectivity index (χ4v) is 2.14. The molecule has 1 aliphatic heterocycles. The normalized spacial score (nSPS) is 19.8. The van der Waals surface area contributed by atoms with E-state index in [1.165, 1.54) is 18.4 Å². The molecular weight excluding hydrogens is 200 g/mol. The first-order valence-electron chi connectivity index (χ1n) is 6.25. The molecule has 2 nitrogen and oxygen atoms in total. The Morgan fingerprint density at radius 1 is 1.44 bits per heavy atom. The SMILES string of the molecule is CCCCc1ccc2c(c1)[C@@H](O)CCCO2. The van der Waals surface area contributed by atoms with Gasteiger partial charge in [0.05, 0.1) is 12.7 Å².